The number of rotatable bonds is 5. The summed E-state index contributed by atoms with van der Waals surface area (Å²) in [4.78, 5) is 26.9. The van der Waals surface area contributed by atoms with E-state index < -0.39 is 11.4 Å². The summed E-state index contributed by atoms with van der Waals surface area (Å²) in [5.41, 5.74) is 1.67. The van der Waals surface area contributed by atoms with Gasteiger partial charge in [0.2, 0.25) is 0 Å². The SMILES string of the molecule is CCCc1c(C(=O)N2C[C@@H]3CCC[C@@]3(C(=O)O)C2)cnn1-c1ccccc1. The molecule has 4 rings (SSSR count). The first-order valence-electron chi connectivity index (χ1n) is 9.72. The highest BCUT2D eigenvalue weighted by Crippen LogP contribution is 2.49. The maximum atomic E-state index is 13.3. The molecule has 1 saturated heterocycles. The number of likely N-dealkylation sites (tertiary alicyclic amines) is 1. The highest BCUT2D eigenvalue weighted by molar-refractivity contribution is 5.96. The molecule has 1 amide bonds. The molecular formula is C21H25N3O3. The number of carbonyl (C=O) groups is 2. The zero-order valence-corrected chi connectivity index (χ0v) is 15.6. The van der Waals surface area contributed by atoms with Gasteiger partial charge in [-0.15, -0.1) is 0 Å². The molecule has 0 radical (unpaired) electrons. The smallest absolute Gasteiger partial charge is 0.311 e. The summed E-state index contributed by atoms with van der Waals surface area (Å²) in [5.74, 6) is -0.775. The molecule has 2 heterocycles. The molecule has 6 heteroatoms. The predicted molar refractivity (Wildman–Crippen MR) is 101 cm³/mol. The second kappa shape index (κ2) is 6.83. The molecule has 27 heavy (non-hydrogen) atoms. The molecule has 6 nitrogen and oxygen atoms in total. The Labute approximate surface area is 158 Å². The molecule has 1 aliphatic carbocycles. The number of amides is 1. The van der Waals surface area contributed by atoms with Crippen LogP contribution in [0.3, 0.4) is 0 Å². The molecule has 0 unspecified atom stereocenters. The fourth-order valence-corrected chi connectivity index (χ4v) is 4.79. The zero-order chi connectivity index (χ0) is 19.0. The first kappa shape index (κ1) is 17.8. The molecule has 2 atom stereocenters. The zero-order valence-electron chi connectivity index (χ0n) is 15.6. The minimum absolute atomic E-state index is 0.0674. The first-order chi connectivity index (χ1) is 13.1. The van der Waals surface area contributed by atoms with E-state index in [2.05, 4.69) is 12.0 Å². The van der Waals surface area contributed by atoms with E-state index in [0.717, 1.165) is 37.1 Å². The van der Waals surface area contributed by atoms with E-state index in [0.29, 0.717) is 25.1 Å². The molecule has 1 saturated carbocycles. The highest BCUT2D eigenvalue weighted by Gasteiger charge is 2.56. The molecule has 1 aromatic heterocycles. The van der Waals surface area contributed by atoms with Crippen molar-refractivity contribution < 1.29 is 14.7 Å². The number of aromatic nitrogens is 2. The van der Waals surface area contributed by atoms with Gasteiger partial charge in [-0.3, -0.25) is 9.59 Å². The molecule has 1 aliphatic heterocycles. The number of hydrogen-bond donors (Lipinski definition) is 1. The van der Waals surface area contributed by atoms with Crippen LogP contribution < -0.4 is 0 Å². The van der Waals surface area contributed by atoms with Gasteiger partial charge in [0.15, 0.2) is 0 Å². The van der Waals surface area contributed by atoms with Crippen molar-refractivity contribution in [3.05, 3.63) is 47.8 Å². The van der Waals surface area contributed by atoms with Gasteiger partial charge in [-0.25, -0.2) is 4.68 Å². The molecule has 142 valence electrons. The Morgan fingerprint density at radius 3 is 2.74 bits per heavy atom. The highest BCUT2D eigenvalue weighted by atomic mass is 16.4. The fraction of sp³-hybridized carbons (Fsp3) is 0.476. The number of carboxylic acids is 1. The van der Waals surface area contributed by atoms with Crippen molar-refractivity contribution in [3.63, 3.8) is 0 Å². The van der Waals surface area contributed by atoms with Crippen LogP contribution in [0.2, 0.25) is 0 Å². The van der Waals surface area contributed by atoms with Gasteiger partial charge in [0.1, 0.15) is 0 Å². The Hall–Kier alpha value is -2.63. The Morgan fingerprint density at radius 1 is 1.30 bits per heavy atom. The number of para-hydroxylation sites is 1. The van der Waals surface area contributed by atoms with Crippen molar-refractivity contribution >= 4 is 11.9 Å². The molecular weight excluding hydrogens is 342 g/mol. The van der Waals surface area contributed by atoms with E-state index in [9.17, 15) is 14.7 Å². The van der Waals surface area contributed by atoms with Crippen molar-refractivity contribution in [2.75, 3.05) is 13.1 Å². The minimum Gasteiger partial charge on any atom is -0.481 e. The van der Waals surface area contributed by atoms with Crippen LogP contribution in [0.5, 0.6) is 0 Å². The number of carboxylic acid groups (broad SMARTS) is 1. The van der Waals surface area contributed by atoms with Crippen LogP contribution in [0, 0.1) is 11.3 Å². The van der Waals surface area contributed by atoms with E-state index in [-0.39, 0.29) is 11.8 Å². The minimum atomic E-state index is -0.755. The van der Waals surface area contributed by atoms with Gasteiger partial charge in [0, 0.05) is 13.1 Å². The van der Waals surface area contributed by atoms with E-state index >= 15 is 0 Å². The summed E-state index contributed by atoms with van der Waals surface area (Å²) in [6.07, 6.45) is 5.79. The fourth-order valence-electron chi connectivity index (χ4n) is 4.79. The Morgan fingerprint density at radius 2 is 2.07 bits per heavy atom. The van der Waals surface area contributed by atoms with Gasteiger partial charge in [0.05, 0.1) is 28.6 Å². The maximum absolute atomic E-state index is 13.3. The standard InChI is InChI=1S/C21H25N3O3/c1-2-7-18-17(12-22-24(18)16-9-4-3-5-10-16)19(25)23-13-15-8-6-11-21(15,14-23)20(26)27/h3-5,9-10,12,15H,2,6-8,11,13-14H2,1H3,(H,26,27)/t15-,21+/m0/s1. The molecule has 1 N–H and O–H groups in total. The van der Waals surface area contributed by atoms with Gasteiger partial charge in [-0.05, 0) is 37.3 Å². The quantitative estimate of drug-likeness (QED) is 0.881. The van der Waals surface area contributed by atoms with E-state index in [1.165, 1.54) is 0 Å². The van der Waals surface area contributed by atoms with E-state index in [1.54, 1.807) is 11.1 Å². The molecule has 1 aromatic carbocycles. The first-order valence-corrected chi connectivity index (χ1v) is 9.72. The largest absolute Gasteiger partial charge is 0.481 e. The molecule has 2 aromatic rings. The van der Waals surface area contributed by atoms with Crippen LogP contribution in [0.25, 0.3) is 5.69 Å². The topological polar surface area (TPSA) is 75.4 Å². The Bertz CT molecular complexity index is 861. The van der Waals surface area contributed by atoms with Crippen molar-refractivity contribution in [2.45, 2.75) is 39.0 Å². The Kier molecular flexibility index (Phi) is 4.50. The summed E-state index contributed by atoms with van der Waals surface area (Å²) < 4.78 is 1.83. The average Bonchev–Trinajstić information content (AvgIpc) is 3.35. The van der Waals surface area contributed by atoms with Crippen molar-refractivity contribution in [1.29, 1.82) is 0 Å². The lowest BCUT2D eigenvalue weighted by Gasteiger charge is -2.23. The normalized spacial score (nSPS) is 24.2. The lowest BCUT2D eigenvalue weighted by molar-refractivity contribution is -0.149. The average molecular weight is 367 g/mol. The van der Waals surface area contributed by atoms with Crippen LogP contribution in [0.15, 0.2) is 36.5 Å². The van der Waals surface area contributed by atoms with Crippen LogP contribution in [-0.4, -0.2) is 44.8 Å². The predicted octanol–water partition coefficient (Wildman–Crippen LogP) is 3.15. The van der Waals surface area contributed by atoms with Crippen LogP contribution in [0.4, 0.5) is 0 Å². The number of fused-ring (bicyclic) bond motifs is 1. The lowest BCUT2D eigenvalue weighted by atomic mass is 9.81. The van der Waals surface area contributed by atoms with Crippen LogP contribution >= 0.6 is 0 Å². The molecule has 2 aliphatic rings. The van der Waals surface area contributed by atoms with Crippen molar-refractivity contribution in [3.8, 4) is 5.69 Å². The van der Waals surface area contributed by atoms with E-state index in [4.69, 9.17) is 0 Å². The number of carbonyl (C=O) groups excluding carboxylic acids is 1. The molecule has 0 spiro atoms. The van der Waals surface area contributed by atoms with Crippen molar-refractivity contribution in [2.24, 2.45) is 11.3 Å². The second-order valence-corrected chi connectivity index (χ2v) is 7.74. The monoisotopic (exact) mass is 367 g/mol. The number of benzene rings is 1. The molecule has 0 bridgehead atoms. The van der Waals surface area contributed by atoms with Crippen molar-refractivity contribution in [1.82, 2.24) is 14.7 Å². The van der Waals surface area contributed by atoms with Gasteiger partial charge >= 0.3 is 5.97 Å². The summed E-state index contributed by atoms with van der Waals surface area (Å²) in [6, 6.07) is 9.80. The number of aliphatic carboxylic acids is 1. The van der Waals surface area contributed by atoms with Gasteiger partial charge < -0.3 is 10.0 Å². The third-order valence-electron chi connectivity index (χ3n) is 6.17. The number of hydrogen-bond acceptors (Lipinski definition) is 3. The summed E-state index contributed by atoms with van der Waals surface area (Å²) in [6.45, 7) is 2.93. The van der Waals surface area contributed by atoms with Gasteiger partial charge in [0.25, 0.3) is 5.91 Å². The summed E-state index contributed by atoms with van der Waals surface area (Å²) in [5, 5.41) is 14.3. The summed E-state index contributed by atoms with van der Waals surface area (Å²) in [7, 11) is 0. The lowest BCUT2D eigenvalue weighted by Crippen LogP contribution is -2.37. The molecule has 2 fully saturated rings. The van der Waals surface area contributed by atoms with Crippen LogP contribution in [0.1, 0.15) is 48.7 Å². The second-order valence-electron chi connectivity index (χ2n) is 7.74. The third-order valence-corrected chi connectivity index (χ3v) is 6.17. The van der Waals surface area contributed by atoms with Gasteiger partial charge in [-0.1, -0.05) is 38.0 Å². The number of nitrogens with zero attached hydrogens (tertiary/aromatic N) is 3. The summed E-state index contributed by atoms with van der Waals surface area (Å²) >= 11 is 0. The third kappa shape index (κ3) is 2.83. The van der Waals surface area contributed by atoms with Crippen LogP contribution in [-0.2, 0) is 11.2 Å². The Balaban J connectivity index is 1.65. The maximum Gasteiger partial charge on any atom is 0.311 e. The van der Waals surface area contributed by atoms with E-state index in [1.807, 2.05) is 35.0 Å². The van der Waals surface area contributed by atoms with Gasteiger partial charge in [-0.2, -0.15) is 5.10 Å².